The first-order valence-corrected chi connectivity index (χ1v) is 10.6. The summed E-state index contributed by atoms with van der Waals surface area (Å²) < 4.78 is 25.5. The molecular weight excluding hydrogens is 348 g/mol. The van der Waals surface area contributed by atoms with Crippen LogP contribution >= 0.6 is 0 Å². The Balaban J connectivity index is 1.91. The average molecular weight is 372 g/mol. The fourth-order valence-electron chi connectivity index (χ4n) is 3.64. The van der Waals surface area contributed by atoms with E-state index in [2.05, 4.69) is 12.2 Å². The quantitative estimate of drug-likeness (QED) is 0.893. The largest absolute Gasteiger partial charge is 0.321 e. The van der Waals surface area contributed by atoms with E-state index >= 15 is 0 Å². The number of carbonyl (C=O) groups is 1. The maximum absolute atomic E-state index is 12.8. The molecule has 3 rings (SSSR count). The van der Waals surface area contributed by atoms with Crippen molar-refractivity contribution in [2.24, 2.45) is 0 Å². The van der Waals surface area contributed by atoms with Gasteiger partial charge in [0.15, 0.2) is 0 Å². The minimum atomic E-state index is -3.33. The van der Waals surface area contributed by atoms with Gasteiger partial charge in [0.05, 0.1) is 11.9 Å². The number of sulfonamides is 1. The van der Waals surface area contributed by atoms with Crippen molar-refractivity contribution in [3.63, 3.8) is 0 Å². The number of anilines is 2. The van der Waals surface area contributed by atoms with Crippen LogP contribution in [0.3, 0.4) is 0 Å². The van der Waals surface area contributed by atoms with Crippen LogP contribution in [0, 0.1) is 6.92 Å². The lowest BCUT2D eigenvalue weighted by molar-refractivity contribution is 0.102. The number of para-hydroxylation sites is 1. The Labute approximate surface area is 155 Å². The topological polar surface area (TPSA) is 66.5 Å². The number of amides is 1. The van der Waals surface area contributed by atoms with Gasteiger partial charge in [0.25, 0.3) is 5.91 Å². The number of aryl methyl sites for hydroxylation is 2. The highest BCUT2D eigenvalue weighted by molar-refractivity contribution is 7.92. The van der Waals surface area contributed by atoms with E-state index in [4.69, 9.17) is 0 Å². The van der Waals surface area contributed by atoms with Gasteiger partial charge in [0.2, 0.25) is 10.0 Å². The summed E-state index contributed by atoms with van der Waals surface area (Å²) in [4.78, 5) is 12.8. The van der Waals surface area contributed by atoms with E-state index in [9.17, 15) is 13.2 Å². The summed E-state index contributed by atoms with van der Waals surface area (Å²) in [5.41, 5.74) is 5.06. The van der Waals surface area contributed by atoms with Gasteiger partial charge in [0.1, 0.15) is 0 Å². The maximum Gasteiger partial charge on any atom is 0.255 e. The lowest BCUT2D eigenvalue weighted by atomic mass is 10.0. The van der Waals surface area contributed by atoms with Gasteiger partial charge in [-0.05, 0) is 61.6 Å². The maximum atomic E-state index is 12.8. The van der Waals surface area contributed by atoms with Crippen molar-refractivity contribution < 1.29 is 13.2 Å². The highest BCUT2D eigenvalue weighted by atomic mass is 32.2. The number of rotatable bonds is 4. The molecule has 1 amide bonds. The molecular formula is C20H24N2O3S. The van der Waals surface area contributed by atoms with Crippen LogP contribution < -0.4 is 9.62 Å². The van der Waals surface area contributed by atoms with E-state index in [0.29, 0.717) is 17.7 Å². The molecule has 0 saturated carbocycles. The second-order valence-electron chi connectivity index (χ2n) is 6.87. The third-order valence-corrected chi connectivity index (χ3v) is 6.10. The van der Waals surface area contributed by atoms with Crippen LogP contribution in [0.4, 0.5) is 11.4 Å². The number of fused-ring (bicyclic) bond motifs is 1. The number of carbonyl (C=O) groups excluding carboxylic acids is 1. The van der Waals surface area contributed by atoms with Crippen molar-refractivity contribution in [3.05, 3.63) is 58.7 Å². The molecule has 0 saturated heterocycles. The highest BCUT2D eigenvalue weighted by Gasteiger charge is 2.32. The van der Waals surface area contributed by atoms with Gasteiger partial charge in [-0.3, -0.25) is 9.10 Å². The van der Waals surface area contributed by atoms with Crippen molar-refractivity contribution >= 4 is 27.3 Å². The zero-order valence-electron chi connectivity index (χ0n) is 15.5. The summed E-state index contributed by atoms with van der Waals surface area (Å²) in [6.45, 7) is 5.91. The Morgan fingerprint density at radius 1 is 1.27 bits per heavy atom. The summed E-state index contributed by atoms with van der Waals surface area (Å²) in [6, 6.07) is 11.1. The summed E-state index contributed by atoms with van der Waals surface area (Å²) in [5, 5.41) is 3.02. The SMILES string of the molecule is CCc1cccc(C)c1NC(=O)c1ccc2c(c1)C[C@@H](C)N2S(C)(=O)=O. The molecule has 5 nitrogen and oxygen atoms in total. The van der Waals surface area contributed by atoms with Crippen LogP contribution in [0.2, 0.25) is 0 Å². The van der Waals surface area contributed by atoms with Crippen LogP contribution in [0.15, 0.2) is 36.4 Å². The molecule has 1 heterocycles. The molecule has 26 heavy (non-hydrogen) atoms. The monoisotopic (exact) mass is 372 g/mol. The highest BCUT2D eigenvalue weighted by Crippen LogP contribution is 2.35. The fourth-order valence-corrected chi connectivity index (χ4v) is 4.90. The van der Waals surface area contributed by atoms with Crippen molar-refractivity contribution in [3.8, 4) is 0 Å². The van der Waals surface area contributed by atoms with Gasteiger partial charge >= 0.3 is 0 Å². The van der Waals surface area contributed by atoms with E-state index in [0.717, 1.165) is 28.8 Å². The van der Waals surface area contributed by atoms with E-state index in [1.807, 2.05) is 32.0 Å². The lowest BCUT2D eigenvalue weighted by Crippen LogP contribution is -2.34. The molecule has 0 unspecified atom stereocenters. The molecule has 138 valence electrons. The molecule has 6 heteroatoms. The van der Waals surface area contributed by atoms with Crippen LogP contribution in [-0.4, -0.2) is 26.6 Å². The van der Waals surface area contributed by atoms with Crippen molar-refractivity contribution in [2.75, 3.05) is 15.9 Å². The van der Waals surface area contributed by atoms with Crippen molar-refractivity contribution in [2.45, 2.75) is 39.7 Å². The number of nitrogens with zero attached hydrogens (tertiary/aromatic N) is 1. The number of nitrogens with one attached hydrogen (secondary N) is 1. The van der Waals surface area contributed by atoms with Crippen LogP contribution in [-0.2, 0) is 22.9 Å². The predicted molar refractivity (Wildman–Crippen MR) is 105 cm³/mol. The van der Waals surface area contributed by atoms with Gasteiger partial charge in [-0.15, -0.1) is 0 Å². The summed E-state index contributed by atoms with van der Waals surface area (Å²) >= 11 is 0. The third kappa shape index (κ3) is 3.33. The van der Waals surface area contributed by atoms with Crippen molar-refractivity contribution in [1.29, 1.82) is 0 Å². The zero-order valence-corrected chi connectivity index (χ0v) is 16.4. The third-order valence-electron chi connectivity index (χ3n) is 4.83. The summed E-state index contributed by atoms with van der Waals surface area (Å²) in [6.07, 6.45) is 2.65. The van der Waals surface area contributed by atoms with Gasteiger partial charge in [-0.25, -0.2) is 8.42 Å². The molecule has 0 aromatic heterocycles. The molecule has 1 aliphatic rings. The Hall–Kier alpha value is -2.34. The Morgan fingerprint density at radius 3 is 2.65 bits per heavy atom. The van der Waals surface area contributed by atoms with Gasteiger partial charge < -0.3 is 5.32 Å². The number of benzene rings is 2. The standard InChI is InChI=1S/C20H24N2O3S/c1-5-15-8-6-7-13(2)19(15)21-20(23)16-9-10-18-17(12-16)11-14(3)22(18)26(4,24)25/h6-10,12,14H,5,11H2,1-4H3,(H,21,23)/t14-/m1/s1. The molecule has 0 radical (unpaired) electrons. The molecule has 0 spiro atoms. The van der Waals surface area contributed by atoms with Crippen LogP contribution in [0.1, 0.15) is 40.9 Å². The first kappa shape index (κ1) is 18.5. The smallest absolute Gasteiger partial charge is 0.255 e. The van der Waals surface area contributed by atoms with E-state index < -0.39 is 10.0 Å². The van der Waals surface area contributed by atoms with Gasteiger partial charge in [-0.2, -0.15) is 0 Å². The minimum Gasteiger partial charge on any atom is -0.321 e. The van der Waals surface area contributed by atoms with E-state index in [1.54, 1.807) is 18.2 Å². The van der Waals surface area contributed by atoms with Crippen LogP contribution in [0.25, 0.3) is 0 Å². The summed E-state index contributed by atoms with van der Waals surface area (Å²) in [5.74, 6) is -0.178. The number of hydrogen-bond acceptors (Lipinski definition) is 3. The average Bonchev–Trinajstić information content (AvgIpc) is 2.91. The molecule has 2 aromatic rings. The lowest BCUT2D eigenvalue weighted by Gasteiger charge is -2.22. The van der Waals surface area contributed by atoms with Crippen molar-refractivity contribution in [1.82, 2.24) is 0 Å². The van der Waals surface area contributed by atoms with E-state index in [-0.39, 0.29) is 11.9 Å². The molecule has 2 aromatic carbocycles. The normalized spacial score (nSPS) is 16.5. The Kier molecular flexibility index (Phi) is 4.80. The number of hydrogen-bond donors (Lipinski definition) is 1. The minimum absolute atomic E-state index is 0.138. The van der Waals surface area contributed by atoms with E-state index in [1.165, 1.54) is 10.6 Å². The Morgan fingerprint density at radius 2 is 2.00 bits per heavy atom. The molecule has 1 atom stereocenters. The first-order chi connectivity index (χ1) is 12.2. The first-order valence-electron chi connectivity index (χ1n) is 8.74. The zero-order chi connectivity index (χ0) is 19.1. The second-order valence-corrected chi connectivity index (χ2v) is 8.73. The fraction of sp³-hybridized carbons (Fsp3) is 0.350. The summed E-state index contributed by atoms with van der Waals surface area (Å²) in [7, 11) is -3.33. The van der Waals surface area contributed by atoms with Gasteiger partial charge in [0, 0.05) is 17.3 Å². The molecule has 0 bridgehead atoms. The van der Waals surface area contributed by atoms with Crippen LogP contribution in [0.5, 0.6) is 0 Å². The van der Waals surface area contributed by atoms with Gasteiger partial charge in [-0.1, -0.05) is 25.1 Å². The molecule has 1 N–H and O–H groups in total. The molecule has 0 aliphatic carbocycles. The Bertz CT molecular complexity index is 967. The second kappa shape index (κ2) is 6.76. The predicted octanol–water partition coefficient (Wildman–Crippen LogP) is 3.52. The molecule has 1 aliphatic heterocycles. The molecule has 0 fully saturated rings.